The minimum atomic E-state index is 0.0508. The van der Waals surface area contributed by atoms with Crippen LogP contribution in [0, 0.1) is 0 Å². The maximum Gasteiger partial charge on any atom is 0.240 e. The molecule has 0 bridgehead atoms. The van der Waals surface area contributed by atoms with Crippen LogP contribution in [0.1, 0.15) is 39.0 Å². The van der Waals surface area contributed by atoms with Crippen molar-refractivity contribution in [3.05, 3.63) is 18.2 Å². The zero-order chi connectivity index (χ0) is 13.4. The molecule has 1 aromatic rings. The number of hydrogen-bond donors (Lipinski definition) is 1. The van der Waals surface area contributed by atoms with Gasteiger partial charge in [-0.2, -0.15) is 0 Å². The number of nitrogens with two attached hydrogens (primary N) is 1. The minimum Gasteiger partial charge on any atom is -0.399 e. The number of nitrogens with zero attached hydrogens (tertiary/aromatic N) is 1. The monoisotopic (exact) mass is 276 g/mol. The molecule has 1 aliphatic carbocycles. The first kappa shape index (κ1) is 12.9. The molecule has 0 aromatic heterocycles. The SMILES string of the molecule is CCC1Sc2cc(N)ccc2N(C2CCCC2)C1=O. The van der Waals surface area contributed by atoms with E-state index >= 15 is 0 Å². The van der Waals surface area contributed by atoms with Crippen molar-refractivity contribution in [2.45, 2.75) is 55.2 Å². The van der Waals surface area contributed by atoms with Gasteiger partial charge in [-0.05, 0) is 37.5 Å². The average Bonchev–Trinajstić information content (AvgIpc) is 2.92. The van der Waals surface area contributed by atoms with Crippen LogP contribution in [0.5, 0.6) is 0 Å². The zero-order valence-electron chi connectivity index (χ0n) is 11.3. The molecule has 1 heterocycles. The number of thioether (sulfide) groups is 1. The van der Waals surface area contributed by atoms with Crippen molar-refractivity contribution in [3.8, 4) is 0 Å². The van der Waals surface area contributed by atoms with Gasteiger partial charge < -0.3 is 10.6 Å². The Morgan fingerprint density at radius 2 is 2.11 bits per heavy atom. The topological polar surface area (TPSA) is 46.3 Å². The summed E-state index contributed by atoms with van der Waals surface area (Å²) >= 11 is 1.67. The third-order valence-electron chi connectivity index (χ3n) is 4.09. The van der Waals surface area contributed by atoms with Crippen LogP contribution in [0.15, 0.2) is 23.1 Å². The van der Waals surface area contributed by atoms with Crippen molar-refractivity contribution < 1.29 is 4.79 Å². The average molecular weight is 276 g/mol. The fourth-order valence-corrected chi connectivity index (χ4v) is 4.28. The molecule has 102 valence electrons. The lowest BCUT2D eigenvalue weighted by atomic mass is 10.1. The second-order valence-electron chi connectivity index (χ2n) is 5.39. The first-order valence-corrected chi connectivity index (χ1v) is 7.98. The highest BCUT2D eigenvalue weighted by Crippen LogP contribution is 2.44. The smallest absolute Gasteiger partial charge is 0.240 e. The summed E-state index contributed by atoms with van der Waals surface area (Å²) in [5, 5.41) is 0.0508. The van der Waals surface area contributed by atoms with Gasteiger partial charge in [-0.25, -0.2) is 0 Å². The second-order valence-corrected chi connectivity index (χ2v) is 6.63. The summed E-state index contributed by atoms with van der Waals surface area (Å²) in [6.45, 7) is 2.08. The van der Waals surface area contributed by atoms with Crippen LogP contribution in [0.3, 0.4) is 0 Å². The van der Waals surface area contributed by atoms with Gasteiger partial charge in [0.25, 0.3) is 0 Å². The summed E-state index contributed by atoms with van der Waals surface area (Å²) in [5.74, 6) is 0.289. The lowest BCUT2D eigenvalue weighted by molar-refractivity contribution is -0.118. The van der Waals surface area contributed by atoms with Crippen molar-refractivity contribution in [2.75, 3.05) is 10.6 Å². The van der Waals surface area contributed by atoms with Gasteiger partial charge in [-0.1, -0.05) is 19.8 Å². The van der Waals surface area contributed by atoms with Crippen molar-refractivity contribution in [3.63, 3.8) is 0 Å². The summed E-state index contributed by atoms with van der Waals surface area (Å²) in [5.41, 5.74) is 7.74. The molecule has 2 N–H and O–H groups in total. The maximum absolute atomic E-state index is 12.7. The predicted molar refractivity (Wildman–Crippen MR) is 80.5 cm³/mol. The lowest BCUT2D eigenvalue weighted by Gasteiger charge is -2.37. The zero-order valence-corrected chi connectivity index (χ0v) is 12.1. The minimum absolute atomic E-state index is 0.0508. The first-order valence-electron chi connectivity index (χ1n) is 7.10. The van der Waals surface area contributed by atoms with Gasteiger partial charge >= 0.3 is 0 Å². The molecule has 3 nitrogen and oxygen atoms in total. The van der Waals surface area contributed by atoms with Crippen LogP contribution < -0.4 is 10.6 Å². The number of benzene rings is 1. The molecule has 2 aliphatic rings. The summed E-state index contributed by atoms with van der Waals surface area (Å²) in [6.07, 6.45) is 5.62. The van der Waals surface area contributed by atoms with E-state index in [4.69, 9.17) is 5.73 Å². The van der Waals surface area contributed by atoms with Gasteiger partial charge in [0.15, 0.2) is 0 Å². The Hall–Kier alpha value is -1.16. The van der Waals surface area contributed by atoms with Crippen molar-refractivity contribution in [1.82, 2.24) is 0 Å². The summed E-state index contributed by atoms with van der Waals surface area (Å²) < 4.78 is 0. The number of fused-ring (bicyclic) bond motifs is 1. The van der Waals surface area contributed by atoms with Gasteiger partial charge in [0.1, 0.15) is 0 Å². The van der Waals surface area contributed by atoms with Crippen LogP contribution in [-0.4, -0.2) is 17.2 Å². The van der Waals surface area contributed by atoms with Crippen LogP contribution in [-0.2, 0) is 4.79 Å². The van der Waals surface area contributed by atoms with E-state index in [0.717, 1.165) is 30.6 Å². The van der Waals surface area contributed by atoms with E-state index in [0.29, 0.717) is 6.04 Å². The molecule has 1 aliphatic heterocycles. The molecular weight excluding hydrogens is 256 g/mol. The molecule has 1 amide bonds. The quantitative estimate of drug-likeness (QED) is 0.842. The molecule has 1 fully saturated rings. The van der Waals surface area contributed by atoms with Gasteiger partial charge in [0.05, 0.1) is 10.9 Å². The Bertz CT molecular complexity index is 497. The van der Waals surface area contributed by atoms with Gasteiger partial charge in [-0.3, -0.25) is 4.79 Å². The number of hydrogen-bond acceptors (Lipinski definition) is 3. The molecule has 3 rings (SSSR count). The lowest BCUT2D eigenvalue weighted by Crippen LogP contribution is -2.46. The maximum atomic E-state index is 12.7. The Morgan fingerprint density at radius 3 is 2.79 bits per heavy atom. The van der Waals surface area contributed by atoms with Crippen LogP contribution >= 0.6 is 11.8 Å². The molecule has 4 heteroatoms. The van der Waals surface area contributed by atoms with Crippen LogP contribution in [0.2, 0.25) is 0 Å². The van der Waals surface area contributed by atoms with E-state index in [9.17, 15) is 4.79 Å². The van der Waals surface area contributed by atoms with E-state index in [1.165, 1.54) is 17.7 Å². The number of anilines is 2. The molecule has 1 saturated carbocycles. The number of carbonyl (C=O) groups is 1. The van der Waals surface area contributed by atoms with E-state index in [1.807, 2.05) is 18.2 Å². The Balaban J connectivity index is 2.03. The third-order valence-corrected chi connectivity index (χ3v) is 5.49. The largest absolute Gasteiger partial charge is 0.399 e. The Labute approximate surface area is 118 Å². The molecule has 19 heavy (non-hydrogen) atoms. The molecule has 0 spiro atoms. The highest BCUT2D eigenvalue weighted by molar-refractivity contribution is 8.01. The number of carbonyl (C=O) groups excluding carboxylic acids is 1. The molecule has 1 atom stereocenters. The molecular formula is C15H20N2OS. The highest BCUT2D eigenvalue weighted by Gasteiger charge is 2.37. The summed E-state index contributed by atoms with van der Waals surface area (Å²) in [6, 6.07) is 6.32. The fourth-order valence-electron chi connectivity index (χ4n) is 3.10. The van der Waals surface area contributed by atoms with Gasteiger partial charge in [0, 0.05) is 16.6 Å². The fraction of sp³-hybridized carbons (Fsp3) is 0.533. The van der Waals surface area contributed by atoms with Gasteiger partial charge in [-0.15, -0.1) is 11.8 Å². The van der Waals surface area contributed by atoms with E-state index in [2.05, 4.69) is 11.8 Å². The van der Waals surface area contributed by atoms with Crippen molar-refractivity contribution in [2.24, 2.45) is 0 Å². The van der Waals surface area contributed by atoms with Crippen LogP contribution in [0.25, 0.3) is 0 Å². The normalized spacial score (nSPS) is 23.7. The Kier molecular flexibility index (Phi) is 3.44. The number of rotatable bonds is 2. The van der Waals surface area contributed by atoms with Crippen molar-refractivity contribution >= 4 is 29.0 Å². The highest BCUT2D eigenvalue weighted by atomic mass is 32.2. The van der Waals surface area contributed by atoms with Crippen LogP contribution in [0.4, 0.5) is 11.4 Å². The molecule has 1 aromatic carbocycles. The van der Waals surface area contributed by atoms with E-state index < -0.39 is 0 Å². The predicted octanol–water partition coefficient (Wildman–Crippen LogP) is 3.43. The van der Waals surface area contributed by atoms with E-state index in [1.54, 1.807) is 11.8 Å². The Morgan fingerprint density at radius 1 is 1.37 bits per heavy atom. The standard InChI is InChI=1S/C15H20N2OS/c1-2-13-15(18)17(11-5-3-4-6-11)12-8-7-10(16)9-14(12)19-13/h7-9,11,13H,2-6,16H2,1H3. The first-order chi connectivity index (χ1) is 9.20. The van der Waals surface area contributed by atoms with Crippen molar-refractivity contribution in [1.29, 1.82) is 0 Å². The van der Waals surface area contributed by atoms with Gasteiger partial charge in [0.2, 0.25) is 5.91 Å². The summed E-state index contributed by atoms with van der Waals surface area (Å²) in [7, 11) is 0. The number of amides is 1. The molecule has 0 radical (unpaired) electrons. The third kappa shape index (κ3) is 2.22. The second kappa shape index (κ2) is 5.08. The van der Waals surface area contributed by atoms with E-state index in [-0.39, 0.29) is 11.2 Å². The molecule has 1 unspecified atom stereocenters. The molecule has 0 saturated heterocycles. The summed E-state index contributed by atoms with van der Waals surface area (Å²) in [4.78, 5) is 15.9. The number of nitrogen functional groups attached to an aromatic ring is 1.